The van der Waals surface area contributed by atoms with Crippen molar-refractivity contribution in [3.63, 3.8) is 0 Å². The Morgan fingerprint density at radius 2 is 1.55 bits per heavy atom. The van der Waals surface area contributed by atoms with Gasteiger partial charge in [-0.15, -0.1) is 0 Å². The lowest BCUT2D eigenvalue weighted by molar-refractivity contribution is -0.122. The minimum Gasteiger partial charge on any atom is -0.444 e. The molecule has 0 aromatic rings. The summed E-state index contributed by atoms with van der Waals surface area (Å²) in [5, 5.41) is 9.41. The predicted molar refractivity (Wildman–Crippen MR) is 84.2 cm³/mol. The molecule has 128 valence electrons. The van der Waals surface area contributed by atoms with Gasteiger partial charge < -0.3 is 15.6 Å². The van der Waals surface area contributed by atoms with Crippen molar-refractivity contribution in [2.24, 2.45) is 5.73 Å². The molecule has 2 fully saturated rings. The van der Waals surface area contributed by atoms with E-state index in [1.165, 1.54) is 43.4 Å². The Hall–Kier alpha value is -1.30. The van der Waals surface area contributed by atoms with Gasteiger partial charge in [0.25, 0.3) is 0 Å². The molecular formula is C16H30N2O4. The second-order valence-corrected chi connectivity index (χ2v) is 7.06. The zero-order valence-corrected chi connectivity index (χ0v) is 14.0. The summed E-state index contributed by atoms with van der Waals surface area (Å²) in [6, 6.07) is -0.773. The summed E-state index contributed by atoms with van der Waals surface area (Å²) in [7, 11) is 0. The Morgan fingerprint density at radius 1 is 1.09 bits per heavy atom. The number of hydrogen-bond acceptors (Lipinski definition) is 4. The lowest BCUT2D eigenvalue weighted by Gasteiger charge is -2.26. The number of carbonyl (C=O) groups excluding carboxylic acids is 2. The summed E-state index contributed by atoms with van der Waals surface area (Å²) in [4.78, 5) is 24.0. The van der Waals surface area contributed by atoms with E-state index < -0.39 is 29.7 Å². The quantitative estimate of drug-likeness (QED) is 0.776. The second kappa shape index (κ2) is 8.36. The molecule has 2 rings (SSSR count). The number of aliphatic hydroxyl groups excluding tert-OH is 1. The Kier molecular flexibility index (Phi) is 7.13. The van der Waals surface area contributed by atoms with Crippen LogP contribution in [0.2, 0.25) is 0 Å². The molecule has 1 aliphatic carbocycles. The monoisotopic (exact) mass is 314 g/mol. The number of nitrogens with two attached hydrogens (primary N) is 1. The van der Waals surface area contributed by atoms with E-state index in [0.29, 0.717) is 0 Å². The molecular weight excluding hydrogens is 284 g/mol. The second-order valence-electron chi connectivity index (χ2n) is 7.06. The standard InChI is InChI=1S/C10H18N2O4.C6H12/c1-10(2,3)16-9(15)12-5-6(13)4-7(12)8(11)14;1-2-4-6-5-3-1/h6-7,13H,4-5H2,1-3H3,(H2,11,14);1-6H2. The molecule has 1 aliphatic heterocycles. The van der Waals surface area contributed by atoms with Gasteiger partial charge in [-0.2, -0.15) is 0 Å². The molecule has 6 nitrogen and oxygen atoms in total. The zero-order chi connectivity index (χ0) is 16.8. The Morgan fingerprint density at radius 3 is 1.91 bits per heavy atom. The van der Waals surface area contributed by atoms with Crippen molar-refractivity contribution in [3.05, 3.63) is 0 Å². The third-order valence-electron chi connectivity index (χ3n) is 3.74. The molecule has 2 aliphatic rings. The molecule has 0 bridgehead atoms. The van der Waals surface area contributed by atoms with Crippen molar-refractivity contribution in [1.29, 1.82) is 0 Å². The van der Waals surface area contributed by atoms with E-state index in [1.54, 1.807) is 20.8 Å². The van der Waals surface area contributed by atoms with E-state index in [1.807, 2.05) is 0 Å². The average molecular weight is 314 g/mol. The highest BCUT2D eigenvalue weighted by atomic mass is 16.6. The highest BCUT2D eigenvalue weighted by Crippen LogP contribution is 2.21. The van der Waals surface area contributed by atoms with Crippen LogP contribution in [0.4, 0.5) is 4.79 Å². The van der Waals surface area contributed by atoms with Crippen LogP contribution in [-0.4, -0.2) is 46.3 Å². The molecule has 22 heavy (non-hydrogen) atoms. The van der Waals surface area contributed by atoms with Gasteiger partial charge in [0.15, 0.2) is 0 Å². The molecule has 0 radical (unpaired) electrons. The van der Waals surface area contributed by atoms with Gasteiger partial charge in [-0.1, -0.05) is 38.5 Å². The lowest BCUT2D eigenvalue weighted by atomic mass is 10.0. The first-order valence-corrected chi connectivity index (χ1v) is 8.17. The third kappa shape index (κ3) is 6.64. The van der Waals surface area contributed by atoms with E-state index in [4.69, 9.17) is 10.5 Å². The number of nitrogens with zero attached hydrogens (tertiary/aromatic N) is 1. The fourth-order valence-electron chi connectivity index (χ4n) is 2.67. The van der Waals surface area contributed by atoms with Gasteiger partial charge in [0.05, 0.1) is 12.6 Å². The minimum absolute atomic E-state index is 0.0858. The largest absolute Gasteiger partial charge is 0.444 e. The molecule has 0 aromatic carbocycles. The highest BCUT2D eigenvalue weighted by molar-refractivity contribution is 5.85. The zero-order valence-electron chi connectivity index (χ0n) is 14.0. The summed E-state index contributed by atoms with van der Waals surface area (Å²) in [5.74, 6) is -0.623. The smallest absolute Gasteiger partial charge is 0.411 e. The summed E-state index contributed by atoms with van der Waals surface area (Å²) >= 11 is 0. The molecule has 0 spiro atoms. The SMILES string of the molecule is C1CCCCC1.CC(C)(C)OC(=O)N1CC(O)CC1C(N)=O. The first-order chi connectivity index (χ1) is 10.2. The maximum Gasteiger partial charge on any atom is 0.411 e. The van der Waals surface area contributed by atoms with E-state index in [9.17, 15) is 14.7 Å². The maximum absolute atomic E-state index is 11.7. The molecule has 1 saturated carbocycles. The molecule has 3 N–H and O–H groups in total. The number of likely N-dealkylation sites (tertiary alicyclic amines) is 1. The van der Waals surface area contributed by atoms with Gasteiger partial charge in [0.2, 0.25) is 5.91 Å². The van der Waals surface area contributed by atoms with E-state index in [-0.39, 0.29) is 13.0 Å². The predicted octanol–water partition coefficient (Wildman–Crippen LogP) is 2.18. The fraction of sp³-hybridized carbons (Fsp3) is 0.875. The first-order valence-electron chi connectivity index (χ1n) is 8.17. The van der Waals surface area contributed by atoms with E-state index in [2.05, 4.69) is 0 Å². The molecule has 1 saturated heterocycles. The van der Waals surface area contributed by atoms with Crippen LogP contribution in [0.1, 0.15) is 65.7 Å². The van der Waals surface area contributed by atoms with Gasteiger partial charge in [0.1, 0.15) is 11.6 Å². The first kappa shape index (κ1) is 18.7. The maximum atomic E-state index is 11.7. The van der Waals surface area contributed by atoms with Crippen LogP contribution < -0.4 is 5.73 Å². The van der Waals surface area contributed by atoms with Gasteiger partial charge >= 0.3 is 6.09 Å². The van der Waals surface area contributed by atoms with Gasteiger partial charge in [0, 0.05) is 6.42 Å². The summed E-state index contributed by atoms with van der Waals surface area (Å²) in [5.41, 5.74) is 4.52. The van der Waals surface area contributed by atoms with Crippen LogP contribution in [0.3, 0.4) is 0 Å². The topological polar surface area (TPSA) is 92.9 Å². The molecule has 0 aromatic heterocycles. The van der Waals surface area contributed by atoms with Crippen molar-refractivity contribution in [2.45, 2.75) is 83.5 Å². The van der Waals surface area contributed by atoms with Gasteiger partial charge in [-0.25, -0.2) is 4.79 Å². The minimum atomic E-state index is -0.773. The van der Waals surface area contributed by atoms with Crippen molar-refractivity contribution < 1.29 is 19.4 Å². The fourth-order valence-corrected chi connectivity index (χ4v) is 2.67. The number of carbonyl (C=O) groups is 2. The number of ether oxygens (including phenoxy) is 1. The van der Waals surface area contributed by atoms with E-state index >= 15 is 0 Å². The van der Waals surface area contributed by atoms with Crippen LogP contribution in [0.25, 0.3) is 0 Å². The van der Waals surface area contributed by atoms with Gasteiger partial charge in [-0.05, 0) is 20.8 Å². The van der Waals surface area contributed by atoms with Crippen LogP contribution in [-0.2, 0) is 9.53 Å². The van der Waals surface area contributed by atoms with Crippen LogP contribution >= 0.6 is 0 Å². The average Bonchev–Trinajstić information content (AvgIpc) is 2.82. The number of aliphatic hydroxyl groups is 1. The van der Waals surface area contributed by atoms with Crippen molar-refractivity contribution in [2.75, 3.05) is 6.54 Å². The normalized spacial score (nSPS) is 25.2. The molecule has 6 heteroatoms. The Balaban J connectivity index is 0.000000335. The number of amides is 2. The summed E-state index contributed by atoms with van der Waals surface area (Å²) in [6.07, 6.45) is 7.84. The Labute approximate surface area is 133 Å². The summed E-state index contributed by atoms with van der Waals surface area (Å²) in [6.45, 7) is 5.28. The number of primary amides is 1. The highest BCUT2D eigenvalue weighted by Gasteiger charge is 2.39. The van der Waals surface area contributed by atoms with E-state index in [0.717, 1.165) is 0 Å². The van der Waals surface area contributed by atoms with Crippen molar-refractivity contribution in [1.82, 2.24) is 4.90 Å². The van der Waals surface area contributed by atoms with Crippen molar-refractivity contribution in [3.8, 4) is 0 Å². The third-order valence-corrected chi connectivity index (χ3v) is 3.74. The van der Waals surface area contributed by atoms with Gasteiger partial charge in [-0.3, -0.25) is 9.69 Å². The number of β-amino-alcohol motifs (C(OH)–C–C–N with tert-alkyl or cyclic N) is 1. The summed E-state index contributed by atoms with van der Waals surface area (Å²) < 4.78 is 5.12. The van der Waals surface area contributed by atoms with Crippen LogP contribution in [0.5, 0.6) is 0 Å². The number of rotatable bonds is 1. The molecule has 2 amide bonds. The van der Waals surface area contributed by atoms with Crippen LogP contribution in [0, 0.1) is 0 Å². The molecule has 2 atom stereocenters. The molecule has 2 unspecified atom stereocenters. The van der Waals surface area contributed by atoms with Crippen molar-refractivity contribution >= 4 is 12.0 Å². The van der Waals surface area contributed by atoms with Crippen LogP contribution in [0.15, 0.2) is 0 Å². The lowest BCUT2D eigenvalue weighted by Crippen LogP contribution is -2.45. The number of hydrogen-bond donors (Lipinski definition) is 2. The molecule has 1 heterocycles. The Bertz CT molecular complexity index is 363.